The summed E-state index contributed by atoms with van der Waals surface area (Å²) in [7, 11) is 0. The molecular formula is C14H26N2O. The van der Waals surface area contributed by atoms with Crippen molar-refractivity contribution in [2.75, 3.05) is 19.6 Å². The van der Waals surface area contributed by atoms with Crippen molar-refractivity contribution in [1.82, 2.24) is 10.2 Å². The van der Waals surface area contributed by atoms with Gasteiger partial charge in [-0.15, -0.1) is 0 Å². The summed E-state index contributed by atoms with van der Waals surface area (Å²) in [4.78, 5) is 13.8. The first kappa shape index (κ1) is 12.9. The minimum Gasteiger partial charge on any atom is -0.343 e. The topological polar surface area (TPSA) is 32.3 Å². The maximum Gasteiger partial charge on any atom is 0.223 e. The van der Waals surface area contributed by atoms with Crippen LogP contribution in [0, 0.1) is 5.92 Å². The molecule has 2 fully saturated rings. The fourth-order valence-corrected chi connectivity index (χ4v) is 2.86. The van der Waals surface area contributed by atoms with E-state index in [2.05, 4.69) is 12.2 Å². The van der Waals surface area contributed by atoms with E-state index in [0.717, 1.165) is 25.6 Å². The van der Waals surface area contributed by atoms with Gasteiger partial charge in [0, 0.05) is 32.1 Å². The van der Waals surface area contributed by atoms with Crippen LogP contribution >= 0.6 is 0 Å². The Bertz CT molecular complexity index is 245. The molecule has 1 saturated carbocycles. The molecule has 17 heavy (non-hydrogen) atoms. The zero-order valence-corrected chi connectivity index (χ0v) is 11.1. The van der Waals surface area contributed by atoms with Crippen molar-refractivity contribution in [3.63, 3.8) is 0 Å². The van der Waals surface area contributed by atoms with Crippen molar-refractivity contribution in [2.24, 2.45) is 5.92 Å². The summed E-state index contributed by atoms with van der Waals surface area (Å²) in [5.41, 5.74) is 0. The number of carbonyl (C=O) groups excluding carboxylic acids is 1. The lowest BCUT2D eigenvalue weighted by Gasteiger charge is -2.28. The molecular weight excluding hydrogens is 212 g/mol. The number of nitrogens with one attached hydrogen (secondary N) is 1. The summed E-state index contributed by atoms with van der Waals surface area (Å²) in [5.74, 6) is 1.29. The van der Waals surface area contributed by atoms with Crippen LogP contribution in [0.3, 0.4) is 0 Å². The Balaban J connectivity index is 1.53. The van der Waals surface area contributed by atoms with Crippen molar-refractivity contribution in [1.29, 1.82) is 0 Å². The van der Waals surface area contributed by atoms with Crippen molar-refractivity contribution in [2.45, 2.75) is 57.9 Å². The number of carbonyl (C=O) groups is 1. The monoisotopic (exact) mass is 238 g/mol. The zero-order valence-electron chi connectivity index (χ0n) is 11.1. The van der Waals surface area contributed by atoms with Gasteiger partial charge in [-0.3, -0.25) is 4.79 Å². The highest BCUT2D eigenvalue weighted by atomic mass is 16.2. The minimum atomic E-state index is 0.339. The van der Waals surface area contributed by atoms with Crippen LogP contribution in [-0.2, 0) is 4.79 Å². The third kappa shape index (κ3) is 3.98. The van der Waals surface area contributed by atoms with Gasteiger partial charge in [0.05, 0.1) is 0 Å². The number of hydrogen-bond donors (Lipinski definition) is 1. The molecule has 1 saturated heterocycles. The van der Waals surface area contributed by atoms with Crippen LogP contribution in [0.2, 0.25) is 0 Å². The molecule has 1 unspecified atom stereocenters. The molecule has 3 nitrogen and oxygen atoms in total. The van der Waals surface area contributed by atoms with Crippen molar-refractivity contribution in [3.05, 3.63) is 0 Å². The van der Waals surface area contributed by atoms with E-state index >= 15 is 0 Å². The summed E-state index contributed by atoms with van der Waals surface area (Å²) in [6.45, 7) is 5.06. The standard InChI is InChI=1S/C14H26N2O/c1-12(11-13-5-4-6-13)15-8-7-14(17)16-9-2-3-10-16/h12-13,15H,2-11H2,1H3. The molecule has 0 aromatic heterocycles. The minimum absolute atomic E-state index is 0.339. The van der Waals surface area contributed by atoms with Gasteiger partial charge in [-0.2, -0.15) is 0 Å². The van der Waals surface area contributed by atoms with E-state index < -0.39 is 0 Å². The van der Waals surface area contributed by atoms with Gasteiger partial charge in [0.1, 0.15) is 0 Å². The first-order chi connectivity index (χ1) is 8.25. The fourth-order valence-electron chi connectivity index (χ4n) is 2.86. The van der Waals surface area contributed by atoms with Crippen LogP contribution in [0.1, 0.15) is 51.9 Å². The average molecular weight is 238 g/mol. The molecule has 2 aliphatic rings. The lowest BCUT2D eigenvalue weighted by atomic mass is 9.81. The van der Waals surface area contributed by atoms with Crippen molar-refractivity contribution in [3.8, 4) is 0 Å². The van der Waals surface area contributed by atoms with Crippen LogP contribution in [0.15, 0.2) is 0 Å². The normalized spacial score (nSPS) is 22.5. The Kier molecular flexibility index (Phi) is 4.84. The maximum absolute atomic E-state index is 11.8. The Hall–Kier alpha value is -0.570. The second kappa shape index (κ2) is 6.39. The highest BCUT2D eigenvalue weighted by Gasteiger charge is 2.20. The number of rotatable bonds is 6. The largest absolute Gasteiger partial charge is 0.343 e. The van der Waals surface area contributed by atoms with Crippen molar-refractivity contribution >= 4 is 5.91 Å². The van der Waals surface area contributed by atoms with Gasteiger partial charge in [0.2, 0.25) is 5.91 Å². The Morgan fingerprint density at radius 1 is 1.29 bits per heavy atom. The Morgan fingerprint density at radius 2 is 2.00 bits per heavy atom. The highest BCUT2D eigenvalue weighted by Crippen LogP contribution is 2.30. The third-order valence-corrected chi connectivity index (χ3v) is 4.20. The molecule has 0 radical (unpaired) electrons. The zero-order chi connectivity index (χ0) is 12.1. The second-order valence-electron chi connectivity index (χ2n) is 5.73. The molecule has 2 rings (SSSR count). The van der Waals surface area contributed by atoms with E-state index in [4.69, 9.17) is 0 Å². The summed E-state index contributed by atoms with van der Waals surface area (Å²) in [6.07, 6.45) is 8.60. The second-order valence-corrected chi connectivity index (χ2v) is 5.73. The summed E-state index contributed by atoms with van der Waals surface area (Å²) < 4.78 is 0. The third-order valence-electron chi connectivity index (χ3n) is 4.20. The van der Waals surface area contributed by atoms with Gasteiger partial charge >= 0.3 is 0 Å². The molecule has 1 aliphatic heterocycles. The first-order valence-corrected chi connectivity index (χ1v) is 7.27. The highest BCUT2D eigenvalue weighted by molar-refractivity contribution is 5.76. The van der Waals surface area contributed by atoms with Gasteiger partial charge in [-0.25, -0.2) is 0 Å². The molecule has 1 aliphatic carbocycles. The molecule has 3 heteroatoms. The number of likely N-dealkylation sites (tertiary alicyclic amines) is 1. The quantitative estimate of drug-likeness (QED) is 0.769. The molecule has 0 aromatic rings. The maximum atomic E-state index is 11.8. The first-order valence-electron chi connectivity index (χ1n) is 7.27. The van der Waals surface area contributed by atoms with Crippen LogP contribution in [-0.4, -0.2) is 36.5 Å². The van der Waals surface area contributed by atoms with E-state index in [9.17, 15) is 4.79 Å². The molecule has 0 bridgehead atoms. The number of nitrogens with zero attached hydrogens (tertiary/aromatic N) is 1. The smallest absolute Gasteiger partial charge is 0.223 e. The lowest BCUT2D eigenvalue weighted by Crippen LogP contribution is -2.35. The Morgan fingerprint density at radius 3 is 2.59 bits per heavy atom. The molecule has 98 valence electrons. The van der Waals surface area contributed by atoms with Gasteiger partial charge in [0.15, 0.2) is 0 Å². The number of amides is 1. The predicted molar refractivity (Wildman–Crippen MR) is 69.9 cm³/mol. The van der Waals surface area contributed by atoms with Gasteiger partial charge in [0.25, 0.3) is 0 Å². The van der Waals surface area contributed by atoms with Gasteiger partial charge in [-0.05, 0) is 32.1 Å². The molecule has 1 amide bonds. The molecule has 0 spiro atoms. The molecule has 0 aromatic carbocycles. The molecule has 1 N–H and O–H groups in total. The van der Waals surface area contributed by atoms with E-state index in [-0.39, 0.29) is 0 Å². The predicted octanol–water partition coefficient (Wildman–Crippen LogP) is 2.17. The summed E-state index contributed by atoms with van der Waals surface area (Å²) in [6, 6.07) is 0.576. The van der Waals surface area contributed by atoms with Gasteiger partial charge in [-0.1, -0.05) is 19.3 Å². The number of hydrogen-bond acceptors (Lipinski definition) is 2. The van der Waals surface area contributed by atoms with E-state index in [0.29, 0.717) is 18.4 Å². The lowest BCUT2D eigenvalue weighted by molar-refractivity contribution is -0.130. The SMILES string of the molecule is CC(CC1CCC1)NCCC(=O)N1CCCC1. The van der Waals surface area contributed by atoms with Crippen LogP contribution in [0.25, 0.3) is 0 Å². The van der Waals surface area contributed by atoms with E-state index in [1.807, 2.05) is 4.90 Å². The fraction of sp³-hybridized carbons (Fsp3) is 0.929. The summed E-state index contributed by atoms with van der Waals surface area (Å²) >= 11 is 0. The van der Waals surface area contributed by atoms with E-state index in [1.54, 1.807) is 0 Å². The Labute approximate surface area is 105 Å². The molecule has 1 heterocycles. The van der Waals surface area contributed by atoms with Crippen LogP contribution < -0.4 is 5.32 Å². The van der Waals surface area contributed by atoms with E-state index in [1.165, 1.54) is 38.5 Å². The molecule has 1 atom stereocenters. The van der Waals surface area contributed by atoms with Crippen LogP contribution in [0.5, 0.6) is 0 Å². The van der Waals surface area contributed by atoms with Crippen molar-refractivity contribution < 1.29 is 4.79 Å². The van der Waals surface area contributed by atoms with Crippen LogP contribution in [0.4, 0.5) is 0 Å². The van der Waals surface area contributed by atoms with Gasteiger partial charge < -0.3 is 10.2 Å². The summed E-state index contributed by atoms with van der Waals surface area (Å²) in [5, 5.41) is 3.49. The average Bonchev–Trinajstić information content (AvgIpc) is 2.76.